The van der Waals surface area contributed by atoms with Crippen molar-refractivity contribution in [3.05, 3.63) is 70.7 Å². The maximum Gasteiger partial charge on any atom is 0.245 e. The van der Waals surface area contributed by atoms with Crippen molar-refractivity contribution in [2.75, 3.05) is 19.7 Å². The summed E-state index contributed by atoms with van der Waals surface area (Å²) in [5, 5.41) is 3.42. The highest BCUT2D eigenvalue weighted by Crippen LogP contribution is 2.22. The van der Waals surface area contributed by atoms with Gasteiger partial charge in [-0.1, -0.05) is 54.1 Å². The van der Waals surface area contributed by atoms with Crippen LogP contribution in [-0.2, 0) is 20.7 Å². The van der Waals surface area contributed by atoms with Gasteiger partial charge in [0.1, 0.15) is 12.1 Å². The molecule has 1 saturated heterocycles. The van der Waals surface area contributed by atoms with Gasteiger partial charge in [-0.25, -0.2) is 0 Å². The average Bonchev–Trinajstić information content (AvgIpc) is 2.70. The van der Waals surface area contributed by atoms with E-state index in [1.807, 2.05) is 30.3 Å². The van der Waals surface area contributed by atoms with E-state index < -0.39 is 6.04 Å². The van der Waals surface area contributed by atoms with Gasteiger partial charge in [0.25, 0.3) is 0 Å². The number of carbonyl (C=O) groups is 2. The highest BCUT2D eigenvalue weighted by molar-refractivity contribution is 6.30. The molecule has 2 atom stereocenters. The summed E-state index contributed by atoms with van der Waals surface area (Å²) in [5.41, 5.74) is 1.90. The molecule has 2 amide bonds. The van der Waals surface area contributed by atoms with Gasteiger partial charge in [0.2, 0.25) is 11.8 Å². The van der Waals surface area contributed by atoms with E-state index in [9.17, 15) is 9.59 Å². The lowest BCUT2D eigenvalue weighted by atomic mass is 10.1. The second kappa shape index (κ2) is 9.02. The first-order valence-electron chi connectivity index (χ1n) is 9.02. The molecule has 0 aromatic heterocycles. The zero-order valence-corrected chi connectivity index (χ0v) is 16.0. The molecule has 27 heavy (non-hydrogen) atoms. The first-order chi connectivity index (χ1) is 13.0. The molecule has 142 valence electrons. The molecule has 3 rings (SSSR count). The van der Waals surface area contributed by atoms with Crippen LogP contribution in [0.5, 0.6) is 0 Å². The SMILES string of the molecule is C[C@@H](NC(=O)Cc1ccc(Cl)cc1)C(=O)N1CCOC(c2ccccc2)C1. The van der Waals surface area contributed by atoms with Gasteiger partial charge in [0.15, 0.2) is 0 Å². The van der Waals surface area contributed by atoms with Crippen LogP contribution in [0.1, 0.15) is 24.2 Å². The van der Waals surface area contributed by atoms with Gasteiger partial charge in [-0.3, -0.25) is 9.59 Å². The lowest BCUT2D eigenvalue weighted by Crippen LogP contribution is -2.51. The summed E-state index contributed by atoms with van der Waals surface area (Å²) in [4.78, 5) is 26.7. The molecule has 2 aromatic rings. The number of benzene rings is 2. The molecule has 0 bridgehead atoms. The molecule has 0 spiro atoms. The Labute approximate surface area is 164 Å². The van der Waals surface area contributed by atoms with E-state index in [1.165, 1.54) is 0 Å². The second-order valence-electron chi connectivity index (χ2n) is 6.65. The summed E-state index contributed by atoms with van der Waals surface area (Å²) in [6, 6.07) is 16.4. The Hall–Kier alpha value is -2.37. The minimum atomic E-state index is -0.584. The molecule has 1 unspecified atom stereocenters. The van der Waals surface area contributed by atoms with Crippen molar-refractivity contribution in [2.24, 2.45) is 0 Å². The Balaban J connectivity index is 1.54. The summed E-state index contributed by atoms with van der Waals surface area (Å²) in [6.07, 6.45) is 0.0748. The van der Waals surface area contributed by atoms with Crippen LogP contribution in [0.15, 0.2) is 54.6 Å². The standard InChI is InChI=1S/C21H23ClN2O3/c1-15(23-20(25)13-16-7-9-18(22)10-8-16)21(26)24-11-12-27-19(14-24)17-5-3-2-4-6-17/h2-10,15,19H,11-14H2,1H3,(H,23,25)/t15-,19?/m1/s1. The van der Waals surface area contributed by atoms with Crippen molar-refractivity contribution in [1.29, 1.82) is 0 Å². The Morgan fingerprint density at radius 3 is 2.59 bits per heavy atom. The highest BCUT2D eigenvalue weighted by Gasteiger charge is 2.28. The number of rotatable bonds is 5. The molecule has 0 aliphatic carbocycles. The maximum atomic E-state index is 12.7. The zero-order chi connectivity index (χ0) is 19.2. The van der Waals surface area contributed by atoms with E-state index in [2.05, 4.69) is 5.32 Å². The summed E-state index contributed by atoms with van der Waals surface area (Å²) < 4.78 is 5.80. The van der Waals surface area contributed by atoms with Gasteiger partial charge in [-0.15, -0.1) is 0 Å². The van der Waals surface area contributed by atoms with E-state index in [-0.39, 0.29) is 24.3 Å². The fourth-order valence-corrected chi connectivity index (χ4v) is 3.26. The summed E-state index contributed by atoms with van der Waals surface area (Å²) in [6.45, 7) is 3.21. The molecule has 0 saturated carbocycles. The van der Waals surface area contributed by atoms with Crippen LogP contribution in [-0.4, -0.2) is 42.5 Å². The predicted molar refractivity (Wildman–Crippen MR) is 104 cm³/mol. The third kappa shape index (κ3) is 5.31. The Bertz CT molecular complexity index is 780. The van der Waals surface area contributed by atoms with E-state index in [0.717, 1.165) is 11.1 Å². The van der Waals surface area contributed by atoms with Gasteiger partial charge < -0.3 is 15.0 Å². The molecule has 1 N–H and O–H groups in total. The summed E-state index contributed by atoms with van der Waals surface area (Å²) in [5.74, 6) is -0.283. The topological polar surface area (TPSA) is 58.6 Å². The van der Waals surface area contributed by atoms with Crippen LogP contribution in [0, 0.1) is 0 Å². The van der Waals surface area contributed by atoms with Crippen molar-refractivity contribution in [2.45, 2.75) is 25.5 Å². The average molecular weight is 387 g/mol. The third-order valence-electron chi connectivity index (χ3n) is 4.58. The molecule has 1 fully saturated rings. The predicted octanol–water partition coefficient (Wildman–Crippen LogP) is 2.99. The van der Waals surface area contributed by atoms with Crippen LogP contribution >= 0.6 is 11.6 Å². The lowest BCUT2D eigenvalue weighted by molar-refractivity contribution is -0.142. The Morgan fingerprint density at radius 1 is 1.19 bits per heavy atom. The van der Waals surface area contributed by atoms with Crippen molar-refractivity contribution >= 4 is 23.4 Å². The monoisotopic (exact) mass is 386 g/mol. The number of hydrogen-bond acceptors (Lipinski definition) is 3. The normalized spacial score (nSPS) is 18.0. The van der Waals surface area contributed by atoms with Crippen LogP contribution in [0.25, 0.3) is 0 Å². The van der Waals surface area contributed by atoms with Gasteiger partial charge in [0.05, 0.1) is 19.6 Å². The quantitative estimate of drug-likeness (QED) is 0.859. The third-order valence-corrected chi connectivity index (χ3v) is 4.83. The first-order valence-corrected chi connectivity index (χ1v) is 9.40. The maximum absolute atomic E-state index is 12.7. The number of amides is 2. The summed E-state index contributed by atoms with van der Waals surface area (Å²) >= 11 is 5.86. The first kappa shape index (κ1) is 19.4. The van der Waals surface area contributed by atoms with Gasteiger partial charge in [-0.2, -0.15) is 0 Å². The largest absolute Gasteiger partial charge is 0.370 e. The van der Waals surface area contributed by atoms with Gasteiger partial charge >= 0.3 is 0 Å². The molecule has 5 nitrogen and oxygen atoms in total. The summed E-state index contributed by atoms with van der Waals surface area (Å²) in [7, 11) is 0. The Kier molecular flexibility index (Phi) is 6.48. The second-order valence-corrected chi connectivity index (χ2v) is 7.08. The number of ether oxygens (including phenoxy) is 1. The fraction of sp³-hybridized carbons (Fsp3) is 0.333. The van der Waals surface area contributed by atoms with E-state index in [0.29, 0.717) is 24.7 Å². The molecule has 1 aliphatic heterocycles. The van der Waals surface area contributed by atoms with Crippen LogP contribution in [0.4, 0.5) is 0 Å². The lowest BCUT2D eigenvalue weighted by Gasteiger charge is -2.34. The molecule has 1 heterocycles. The van der Waals surface area contributed by atoms with Crippen LogP contribution in [0.2, 0.25) is 5.02 Å². The van der Waals surface area contributed by atoms with Gasteiger partial charge in [-0.05, 0) is 30.2 Å². The number of halogens is 1. The zero-order valence-electron chi connectivity index (χ0n) is 15.2. The highest BCUT2D eigenvalue weighted by atomic mass is 35.5. The molecular formula is C21H23ClN2O3. The number of nitrogens with zero attached hydrogens (tertiary/aromatic N) is 1. The van der Waals surface area contributed by atoms with Crippen molar-refractivity contribution in [1.82, 2.24) is 10.2 Å². The van der Waals surface area contributed by atoms with Crippen molar-refractivity contribution < 1.29 is 14.3 Å². The van der Waals surface area contributed by atoms with Crippen molar-refractivity contribution in [3.8, 4) is 0 Å². The van der Waals surface area contributed by atoms with Crippen LogP contribution in [0.3, 0.4) is 0 Å². The minimum absolute atomic E-state index is 0.0938. The van der Waals surface area contributed by atoms with E-state index in [4.69, 9.17) is 16.3 Å². The molecule has 0 radical (unpaired) electrons. The molecule has 6 heteroatoms. The van der Waals surface area contributed by atoms with Crippen LogP contribution < -0.4 is 5.32 Å². The minimum Gasteiger partial charge on any atom is -0.370 e. The van der Waals surface area contributed by atoms with Gasteiger partial charge in [0, 0.05) is 11.6 Å². The van der Waals surface area contributed by atoms with E-state index >= 15 is 0 Å². The molecule has 1 aliphatic rings. The number of hydrogen-bond donors (Lipinski definition) is 1. The molecule has 2 aromatic carbocycles. The number of carbonyl (C=O) groups excluding carboxylic acids is 2. The Morgan fingerprint density at radius 2 is 1.89 bits per heavy atom. The number of morpholine rings is 1. The fourth-order valence-electron chi connectivity index (χ4n) is 3.13. The van der Waals surface area contributed by atoms with E-state index in [1.54, 1.807) is 36.1 Å². The smallest absolute Gasteiger partial charge is 0.245 e. The van der Waals surface area contributed by atoms with Crippen molar-refractivity contribution in [3.63, 3.8) is 0 Å². The molecular weight excluding hydrogens is 364 g/mol. The number of nitrogens with one attached hydrogen (secondary N) is 1.